The standard InChI is InChI=1S/C23H25N3S/c1-14-10-19-22(25-13-14)26(21-18(27-19)8-7-9-24-21)20-15(2)11-17(12-16(20)3)23(4,5)6/h7-13H,1-6H3. The third kappa shape index (κ3) is 3.12. The van der Waals surface area contributed by atoms with Crippen LogP contribution in [0.1, 0.15) is 43.0 Å². The molecule has 3 aromatic rings. The van der Waals surface area contributed by atoms with Crippen LogP contribution in [0.2, 0.25) is 0 Å². The van der Waals surface area contributed by atoms with Gasteiger partial charge in [0.25, 0.3) is 0 Å². The second-order valence-electron chi connectivity index (χ2n) is 8.31. The number of aromatic nitrogens is 2. The average molecular weight is 376 g/mol. The molecule has 0 spiro atoms. The van der Waals surface area contributed by atoms with E-state index in [1.165, 1.54) is 32.8 Å². The third-order valence-electron chi connectivity index (χ3n) is 4.94. The van der Waals surface area contributed by atoms with Crippen LogP contribution in [0, 0.1) is 20.8 Å². The SMILES string of the molecule is Cc1cnc2c(c1)Sc1cccnc1N2c1c(C)cc(C(C)(C)C)cc1C. The van der Waals surface area contributed by atoms with Crippen molar-refractivity contribution in [2.75, 3.05) is 4.90 Å². The van der Waals surface area contributed by atoms with Crippen LogP contribution in [0.25, 0.3) is 0 Å². The van der Waals surface area contributed by atoms with Crippen molar-refractivity contribution in [1.29, 1.82) is 0 Å². The van der Waals surface area contributed by atoms with Gasteiger partial charge in [-0.1, -0.05) is 44.7 Å². The number of nitrogens with zero attached hydrogens (tertiary/aromatic N) is 3. The van der Waals surface area contributed by atoms with E-state index in [0.29, 0.717) is 0 Å². The lowest BCUT2D eigenvalue weighted by Crippen LogP contribution is -2.21. The lowest BCUT2D eigenvalue weighted by Gasteiger charge is -2.33. The highest BCUT2D eigenvalue weighted by molar-refractivity contribution is 7.99. The average Bonchev–Trinajstić information content (AvgIpc) is 2.59. The maximum Gasteiger partial charge on any atom is 0.152 e. The molecule has 1 aromatic carbocycles. The fourth-order valence-corrected chi connectivity index (χ4v) is 4.68. The molecule has 0 amide bonds. The number of fused-ring (bicyclic) bond motifs is 2. The molecule has 0 bridgehead atoms. The predicted molar refractivity (Wildman–Crippen MR) is 114 cm³/mol. The molecule has 0 aliphatic carbocycles. The van der Waals surface area contributed by atoms with Crippen molar-refractivity contribution in [3.05, 3.63) is 65.0 Å². The van der Waals surface area contributed by atoms with Crippen LogP contribution in [0.5, 0.6) is 0 Å². The predicted octanol–water partition coefficient (Wildman–Crippen LogP) is 6.63. The van der Waals surface area contributed by atoms with E-state index in [1.807, 2.05) is 18.5 Å². The number of hydrogen-bond acceptors (Lipinski definition) is 4. The smallest absolute Gasteiger partial charge is 0.152 e. The third-order valence-corrected chi connectivity index (χ3v) is 6.00. The summed E-state index contributed by atoms with van der Waals surface area (Å²) in [5, 5.41) is 0. The quantitative estimate of drug-likeness (QED) is 0.373. The molecule has 0 saturated heterocycles. The van der Waals surface area contributed by atoms with E-state index in [9.17, 15) is 0 Å². The largest absolute Gasteiger partial charge is 0.277 e. The maximum absolute atomic E-state index is 4.79. The monoisotopic (exact) mass is 375 g/mol. The Morgan fingerprint density at radius 2 is 1.56 bits per heavy atom. The van der Waals surface area contributed by atoms with Crippen LogP contribution < -0.4 is 4.90 Å². The minimum Gasteiger partial charge on any atom is -0.277 e. The summed E-state index contributed by atoms with van der Waals surface area (Å²) in [6.07, 6.45) is 3.80. The van der Waals surface area contributed by atoms with Crippen molar-refractivity contribution in [2.24, 2.45) is 0 Å². The zero-order chi connectivity index (χ0) is 19.3. The summed E-state index contributed by atoms with van der Waals surface area (Å²) in [7, 11) is 0. The van der Waals surface area contributed by atoms with E-state index in [-0.39, 0.29) is 5.41 Å². The van der Waals surface area contributed by atoms with Crippen LogP contribution in [-0.2, 0) is 5.41 Å². The molecule has 138 valence electrons. The molecule has 1 aliphatic rings. The first-order valence-electron chi connectivity index (χ1n) is 9.27. The second kappa shape index (κ2) is 6.38. The van der Waals surface area contributed by atoms with Gasteiger partial charge in [0.1, 0.15) is 0 Å². The maximum atomic E-state index is 4.79. The van der Waals surface area contributed by atoms with Crippen LogP contribution >= 0.6 is 11.8 Å². The summed E-state index contributed by atoms with van der Waals surface area (Å²) in [5.74, 6) is 1.92. The van der Waals surface area contributed by atoms with Gasteiger partial charge in [0, 0.05) is 12.4 Å². The molecular weight excluding hydrogens is 350 g/mol. The van der Waals surface area contributed by atoms with E-state index in [0.717, 1.165) is 16.5 Å². The molecule has 4 rings (SSSR count). The highest BCUT2D eigenvalue weighted by atomic mass is 32.2. The molecule has 4 heteroatoms. The van der Waals surface area contributed by atoms with Crippen molar-refractivity contribution in [1.82, 2.24) is 9.97 Å². The van der Waals surface area contributed by atoms with Gasteiger partial charge in [-0.3, -0.25) is 4.90 Å². The summed E-state index contributed by atoms with van der Waals surface area (Å²) >= 11 is 1.75. The fraction of sp³-hybridized carbons (Fsp3) is 0.304. The van der Waals surface area contributed by atoms with Gasteiger partial charge in [0.2, 0.25) is 0 Å². The van der Waals surface area contributed by atoms with Crippen LogP contribution in [0.15, 0.2) is 52.5 Å². The number of benzene rings is 1. The second-order valence-corrected chi connectivity index (χ2v) is 9.39. The van der Waals surface area contributed by atoms with Crippen molar-refractivity contribution in [2.45, 2.75) is 56.7 Å². The number of hydrogen-bond donors (Lipinski definition) is 0. The van der Waals surface area contributed by atoms with E-state index in [4.69, 9.17) is 9.97 Å². The van der Waals surface area contributed by atoms with E-state index in [2.05, 4.69) is 70.7 Å². The van der Waals surface area contributed by atoms with Gasteiger partial charge in [0.15, 0.2) is 11.6 Å². The number of pyridine rings is 2. The topological polar surface area (TPSA) is 29.0 Å². The molecular formula is C23H25N3S. The molecule has 0 fully saturated rings. The zero-order valence-electron chi connectivity index (χ0n) is 16.8. The van der Waals surface area contributed by atoms with Gasteiger partial charge in [0.05, 0.1) is 15.5 Å². The van der Waals surface area contributed by atoms with Crippen molar-refractivity contribution in [3.63, 3.8) is 0 Å². The summed E-state index contributed by atoms with van der Waals surface area (Å²) in [6.45, 7) is 13.2. The minimum absolute atomic E-state index is 0.120. The summed E-state index contributed by atoms with van der Waals surface area (Å²) in [6, 6.07) is 11.0. The Morgan fingerprint density at radius 1 is 0.889 bits per heavy atom. The Labute approximate surface area is 165 Å². The van der Waals surface area contributed by atoms with Gasteiger partial charge >= 0.3 is 0 Å². The molecule has 0 unspecified atom stereocenters. The van der Waals surface area contributed by atoms with Gasteiger partial charge in [-0.15, -0.1) is 0 Å². The molecule has 3 heterocycles. The number of rotatable bonds is 1. The highest BCUT2D eigenvalue weighted by Crippen LogP contribution is 2.51. The Morgan fingerprint density at radius 3 is 2.22 bits per heavy atom. The molecule has 0 N–H and O–H groups in total. The Bertz CT molecular complexity index is 1010. The lowest BCUT2D eigenvalue weighted by atomic mass is 9.84. The summed E-state index contributed by atoms with van der Waals surface area (Å²) in [4.78, 5) is 14.1. The van der Waals surface area contributed by atoms with Crippen molar-refractivity contribution < 1.29 is 0 Å². The molecule has 27 heavy (non-hydrogen) atoms. The minimum atomic E-state index is 0.120. The fourth-order valence-electron chi connectivity index (χ4n) is 3.58. The van der Waals surface area contributed by atoms with Crippen molar-refractivity contribution >= 4 is 29.1 Å². The molecule has 3 nitrogen and oxygen atoms in total. The van der Waals surface area contributed by atoms with Gasteiger partial charge < -0.3 is 0 Å². The Balaban J connectivity index is 1.97. The summed E-state index contributed by atoms with van der Waals surface area (Å²) < 4.78 is 0. The van der Waals surface area contributed by atoms with E-state index in [1.54, 1.807) is 11.8 Å². The number of aryl methyl sites for hydroxylation is 3. The zero-order valence-corrected chi connectivity index (χ0v) is 17.6. The van der Waals surface area contributed by atoms with Gasteiger partial charge in [-0.2, -0.15) is 0 Å². The molecule has 2 aromatic heterocycles. The van der Waals surface area contributed by atoms with Gasteiger partial charge in [-0.25, -0.2) is 9.97 Å². The molecule has 1 aliphatic heterocycles. The van der Waals surface area contributed by atoms with Crippen LogP contribution in [-0.4, -0.2) is 9.97 Å². The molecule has 0 atom stereocenters. The first-order chi connectivity index (χ1) is 12.8. The van der Waals surface area contributed by atoms with Crippen molar-refractivity contribution in [3.8, 4) is 0 Å². The Hall–Kier alpha value is -2.33. The Kier molecular flexibility index (Phi) is 4.26. The lowest BCUT2D eigenvalue weighted by molar-refractivity contribution is 0.589. The number of anilines is 3. The van der Waals surface area contributed by atoms with E-state index >= 15 is 0 Å². The first-order valence-corrected chi connectivity index (χ1v) is 10.1. The van der Waals surface area contributed by atoms with E-state index < -0.39 is 0 Å². The normalized spacial score (nSPS) is 13.3. The highest BCUT2D eigenvalue weighted by Gasteiger charge is 2.30. The molecule has 0 radical (unpaired) electrons. The summed E-state index contributed by atoms with van der Waals surface area (Å²) in [5.41, 5.74) is 6.32. The first kappa shape index (κ1) is 18.1. The van der Waals surface area contributed by atoms with Crippen LogP contribution in [0.3, 0.4) is 0 Å². The van der Waals surface area contributed by atoms with Crippen LogP contribution in [0.4, 0.5) is 17.3 Å². The molecule has 0 saturated carbocycles. The van der Waals surface area contributed by atoms with Gasteiger partial charge in [-0.05, 0) is 66.6 Å².